The van der Waals surface area contributed by atoms with Crippen molar-refractivity contribution in [1.82, 2.24) is 10.3 Å². The van der Waals surface area contributed by atoms with Gasteiger partial charge in [-0.3, -0.25) is 0 Å². The van der Waals surface area contributed by atoms with E-state index in [4.69, 9.17) is 0 Å². The number of nitrogens with zero attached hydrogens (tertiary/aromatic N) is 1. The minimum Gasteiger partial charge on any atom is -0.314 e. The Labute approximate surface area is 81.6 Å². The molecular formula is C10H12N2S. The van der Waals surface area contributed by atoms with Crippen molar-refractivity contribution >= 4 is 21.6 Å². The second-order valence-corrected chi connectivity index (χ2v) is 4.22. The number of aromatic nitrogens is 1. The summed E-state index contributed by atoms with van der Waals surface area (Å²) in [6, 6.07) is 6.40. The minimum atomic E-state index is 0.860. The van der Waals surface area contributed by atoms with E-state index < -0.39 is 0 Å². The molecule has 1 aromatic heterocycles. The SMILES string of the molecule is CNCc1nc2cc(C)ccc2s1. The van der Waals surface area contributed by atoms with Crippen LogP contribution in [-0.4, -0.2) is 12.0 Å². The summed E-state index contributed by atoms with van der Waals surface area (Å²) in [7, 11) is 1.94. The first-order valence-electron chi connectivity index (χ1n) is 4.30. The summed E-state index contributed by atoms with van der Waals surface area (Å²) >= 11 is 1.76. The monoisotopic (exact) mass is 192 g/mol. The van der Waals surface area contributed by atoms with Gasteiger partial charge in [0.2, 0.25) is 0 Å². The van der Waals surface area contributed by atoms with Gasteiger partial charge in [-0.2, -0.15) is 0 Å². The van der Waals surface area contributed by atoms with E-state index >= 15 is 0 Å². The highest BCUT2D eigenvalue weighted by molar-refractivity contribution is 7.18. The van der Waals surface area contributed by atoms with Gasteiger partial charge in [-0.15, -0.1) is 11.3 Å². The van der Waals surface area contributed by atoms with E-state index in [2.05, 4.69) is 35.4 Å². The van der Waals surface area contributed by atoms with Gasteiger partial charge in [0, 0.05) is 6.54 Å². The van der Waals surface area contributed by atoms with E-state index in [0.29, 0.717) is 0 Å². The molecule has 2 nitrogen and oxygen atoms in total. The third kappa shape index (κ3) is 1.71. The molecule has 0 bridgehead atoms. The molecule has 0 fully saturated rings. The van der Waals surface area contributed by atoms with Crippen LogP contribution in [0.25, 0.3) is 10.2 Å². The third-order valence-corrected chi connectivity index (χ3v) is 2.95. The predicted molar refractivity (Wildman–Crippen MR) is 57.1 cm³/mol. The second-order valence-electron chi connectivity index (χ2n) is 3.11. The number of hydrogen-bond donors (Lipinski definition) is 1. The lowest BCUT2D eigenvalue weighted by Gasteiger charge is -1.89. The fourth-order valence-corrected chi connectivity index (χ4v) is 2.27. The minimum absolute atomic E-state index is 0.860. The van der Waals surface area contributed by atoms with Gasteiger partial charge in [-0.1, -0.05) is 6.07 Å². The molecule has 0 aliphatic rings. The molecule has 1 N–H and O–H groups in total. The molecule has 68 valence electrons. The number of rotatable bonds is 2. The van der Waals surface area contributed by atoms with E-state index in [1.165, 1.54) is 10.3 Å². The van der Waals surface area contributed by atoms with Gasteiger partial charge in [0.15, 0.2) is 0 Å². The van der Waals surface area contributed by atoms with Gasteiger partial charge in [0.25, 0.3) is 0 Å². The highest BCUT2D eigenvalue weighted by Crippen LogP contribution is 2.22. The zero-order valence-electron chi connectivity index (χ0n) is 7.79. The molecule has 0 atom stereocenters. The van der Waals surface area contributed by atoms with Crippen LogP contribution in [0.3, 0.4) is 0 Å². The zero-order chi connectivity index (χ0) is 9.26. The topological polar surface area (TPSA) is 24.9 Å². The van der Waals surface area contributed by atoms with Gasteiger partial charge in [0.05, 0.1) is 10.2 Å². The Hall–Kier alpha value is -0.930. The Bertz CT molecular complexity index is 420. The maximum absolute atomic E-state index is 4.52. The van der Waals surface area contributed by atoms with Gasteiger partial charge >= 0.3 is 0 Å². The van der Waals surface area contributed by atoms with Crippen molar-refractivity contribution < 1.29 is 0 Å². The maximum Gasteiger partial charge on any atom is 0.108 e. The van der Waals surface area contributed by atoms with Crippen molar-refractivity contribution in [2.24, 2.45) is 0 Å². The molecule has 0 saturated carbocycles. The van der Waals surface area contributed by atoms with Crippen LogP contribution < -0.4 is 5.32 Å². The largest absolute Gasteiger partial charge is 0.314 e. The molecule has 2 aromatic rings. The number of nitrogens with one attached hydrogen (secondary N) is 1. The number of aryl methyl sites for hydroxylation is 1. The van der Waals surface area contributed by atoms with Gasteiger partial charge in [0.1, 0.15) is 5.01 Å². The normalized spacial score (nSPS) is 10.9. The van der Waals surface area contributed by atoms with Crippen molar-refractivity contribution in [3.05, 3.63) is 28.8 Å². The van der Waals surface area contributed by atoms with Crippen molar-refractivity contribution in [2.45, 2.75) is 13.5 Å². The predicted octanol–water partition coefficient (Wildman–Crippen LogP) is 2.32. The molecule has 13 heavy (non-hydrogen) atoms. The average molecular weight is 192 g/mol. The van der Waals surface area contributed by atoms with E-state index in [0.717, 1.165) is 17.1 Å². The average Bonchev–Trinajstić information content (AvgIpc) is 2.46. The van der Waals surface area contributed by atoms with Gasteiger partial charge < -0.3 is 5.32 Å². The zero-order valence-corrected chi connectivity index (χ0v) is 8.61. The lowest BCUT2D eigenvalue weighted by molar-refractivity contribution is 0.812. The Kier molecular flexibility index (Phi) is 2.29. The summed E-state index contributed by atoms with van der Waals surface area (Å²) < 4.78 is 1.27. The lowest BCUT2D eigenvalue weighted by atomic mass is 10.2. The maximum atomic E-state index is 4.52. The van der Waals surface area contributed by atoms with Crippen LogP contribution in [-0.2, 0) is 6.54 Å². The number of thiazole rings is 1. The highest BCUT2D eigenvalue weighted by atomic mass is 32.1. The molecule has 0 radical (unpaired) electrons. The Morgan fingerprint density at radius 1 is 1.46 bits per heavy atom. The summed E-state index contributed by atoms with van der Waals surface area (Å²) in [5.74, 6) is 0. The molecule has 2 rings (SSSR count). The Morgan fingerprint density at radius 2 is 2.31 bits per heavy atom. The van der Waals surface area contributed by atoms with E-state index in [9.17, 15) is 0 Å². The van der Waals surface area contributed by atoms with E-state index in [1.807, 2.05) is 7.05 Å². The van der Waals surface area contributed by atoms with Crippen LogP contribution in [0, 0.1) is 6.92 Å². The molecule has 3 heteroatoms. The second kappa shape index (κ2) is 3.44. The lowest BCUT2D eigenvalue weighted by Crippen LogP contribution is -2.03. The molecule has 1 aromatic carbocycles. The molecule has 0 aliphatic heterocycles. The standard InChI is InChI=1S/C10H12N2S/c1-7-3-4-9-8(5-7)12-10(13-9)6-11-2/h3-5,11H,6H2,1-2H3. The molecule has 0 spiro atoms. The first-order chi connectivity index (χ1) is 6.29. The molecule has 1 heterocycles. The summed E-state index contributed by atoms with van der Waals surface area (Å²) in [5.41, 5.74) is 2.39. The van der Waals surface area contributed by atoms with Crippen LogP contribution in [0.2, 0.25) is 0 Å². The first-order valence-corrected chi connectivity index (χ1v) is 5.12. The fourth-order valence-electron chi connectivity index (χ4n) is 1.31. The summed E-state index contributed by atoms with van der Waals surface area (Å²) in [5, 5.41) is 4.26. The summed E-state index contributed by atoms with van der Waals surface area (Å²) in [6.07, 6.45) is 0. The summed E-state index contributed by atoms with van der Waals surface area (Å²) in [6.45, 7) is 2.95. The number of fused-ring (bicyclic) bond motifs is 1. The van der Waals surface area contributed by atoms with Crippen LogP contribution in [0.5, 0.6) is 0 Å². The third-order valence-electron chi connectivity index (χ3n) is 1.92. The van der Waals surface area contributed by atoms with Crippen molar-refractivity contribution in [3.63, 3.8) is 0 Å². The summed E-state index contributed by atoms with van der Waals surface area (Å²) in [4.78, 5) is 4.52. The highest BCUT2D eigenvalue weighted by Gasteiger charge is 2.01. The van der Waals surface area contributed by atoms with Crippen LogP contribution in [0.15, 0.2) is 18.2 Å². The van der Waals surface area contributed by atoms with Crippen LogP contribution in [0.4, 0.5) is 0 Å². The quantitative estimate of drug-likeness (QED) is 0.790. The molecule has 0 amide bonds. The van der Waals surface area contributed by atoms with Crippen molar-refractivity contribution in [2.75, 3.05) is 7.05 Å². The molecule has 0 saturated heterocycles. The smallest absolute Gasteiger partial charge is 0.108 e. The number of benzene rings is 1. The van der Waals surface area contributed by atoms with Crippen molar-refractivity contribution in [1.29, 1.82) is 0 Å². The molecule has 0 unspecified atom stereocenters. The van der Waals surface area contributed by atoms with Gasteiger partial charge in [-0.05, 0) is 31.7 Å². The van der Waals surface area contributed by atoms with Crippen LogP contribution >= 0.6 is 11.3 Å². The fraction of sp³-hybridized carbons (Fsp3) is 0.300. The van der Waals surface area contributed by atoms with Crippen LogP contribution in [0.1, 0.15) is 10.6 Å². The Morgan fingerprint density at radius 3 is 3.08 bits per heavy atom. The van der Waals surface area contributed by atoms with E-state index in [-0.39, 0.29) is 0 Å². The molecule has 0 aliphatic carbocycles. The van der Waals surface area contributed by atoms with Crippen molar-refractivity contribution in [3.8, 4) is 0 Å². The van der Waals surface area contributed by atoms with Gasteiger partial charge in [-0.25, -0.2) is 4.98 Å². The Balaban J connectivity index is 2.49. The molecular weight excluding hydrogens is 180 g/mol. The number of hydrogen-bond acceptors (Lipinski definition) is 3. The first kappa shape index (κ1) is 8.66. The van der Waals surface area contributed by atoms with E-state index in [1.54, 1.807) is 11.3 Å².